The molecule has 0 aliphatic carbocycles. The van der Waals surface area contributed by atoms with E-state index in [0.29, 0.717) is 55.0 Å². The predicted octanol–water partition coefficient (Wildman–Crippen LogP) is 3.03. The van der Waals surface area contributed by atoms with Gasteiger partial charge in [0.25, 0.3) is 5.91 Å². The van der Waals surface area contributed by atoms with Crippen LogP contribution in [0.25, 0.3) is 11.0 Å². The van der Waals surface area contributed by atoms with Gasteiger partial charge in [0, 0.05) is 25.8 Å². The summed E-state index contributed by atoms with van der Waals surface area (Å²) in [5, 5.41) is 3.24. The molecular formula is C26H30N2O8. The third-order valence-electron chi connectivity index (χ3n) is 5.63. The highest BCUT2D eigenvalue weighted by molar-refractivity contribution is 6.03. The molecule has 10 nitrogen and oxygen atoms in total. The van der Waals surface area contributed by atoms with Crippen LogP contribution in [0.5, 0.6) is 11.5 Å². The molecule has 0 bridgehead atoms. The summed E-state index contributed by atoms with van der Waals surface area (Å²) in [6.07, 6.45) is 0.673. The van der Waals surface area contributed by atoms with Gasteiger partial charge in [-0.05, 0) is 31.2 Å². The monoisotopic (exact) mass is 498 g/mol. The maximum Gasteiger partial charge on any atom is 0.337 e. The molecule has 1 atom stereocenters. The van der Waals surface area contributed by atoms with Crippen LogP contribution in [0.3, 0.4) is 0 Å². The number of rotatable bonds is 8. The van der Waals surface area contributed by atoms with Crippen LogP contribution in [0.4, 0.5) is 0 Å². The van der Waals surface area contributed by atoms with Crippen LogP contribution in [0.2, 0.25) is 0 Å². The second-order valence-electron chi connectivity index (χ2n) is 7.92. The zero-order valence-corrected chi connectivity index (χ0v) is 20.7. The summed E-state index contributed by atoms with van der Waals surface area (Å²) >= 11 is 0. The van der Waals surface area contributed by atoms with Gasteiger partial charge in [-0.1, -0.05) is 18.2 Å². The fourth-order valence-corrected chi connectivity index (χ4v) is 3.74. The minimum atomic E-state index is -0.467. The number of amides is 2. The molecule has 0 saturated heterocycles. The molecule has 0 spiro atoms. The first kappa shape index (κ1) is 26.6. The van der Waals surface area contributed by atoms with Crippen LogP contribution in [0.1, 0.15) is 33.4 Å². The third kappa shape index (κ3) is 5.95. The van der Waals surface area contributed by atoms with Crippen molar-refractivity contribution in [1.82, 2.24) is 10.2 Å². The van der Waals surface area contributed by atoms with Crippen LogP contribution < -0.4 is 14.8 Å². The van der Waals surface area contributed by atoms with E-state index in [1.165, 1.54) is 7.11 Å². The van der Waals surface area contributed by atoms with Gasteiger partial charge in [0.2, 0.25) is 12.2 Å². The van der Waals surface area contributed by atoms with Crippen LogP contribution >= 0.6 is 0 Å². The third-order valence-corrected chi connectivity index (χ3v) is 5.63. The number of furan rings is 1. The lowest BCUT2D eigenvalue weighted by Gasteiger charge is -2.25. The van der Waals surface area contributed by atoms with Gasteiger partial charge in [-0.25, -0.2) is 4.79 Å². The summed E-state index contributed by atoms with van der Waals surface area (Å²) < 4.78 is 26.4. The topological polar surface area (TPSA) is 117 Å². The lowest BCUT2D eigenvalue weighted by Crippen LogP contribution is -2.41. The lowest BCUT2D eigenvalue weighted by molar-refractivity contribution is -0.109. The minimum Gasteiger partial charge on any atom is -0.496 e. The average Bonchev–Trinajstić information content (AvgIpc) is 3.23. The van der Waals surface area contributed by atoms with Crippen molar-refractivity contribution in [3.05, 3.63) is 59.4 Å². The van der Waals surface area contributed by atoms with Gasteiger partial charge < -0.3 is 33.6 Å². The SMILES string of the molecule is COCCN1C(=O)c2oc3cc(C(=O)OC)ccc3c2OC[C@H]1C.COc1ccccc1CNC=O. The van der Waals surface area contributed by atoms with E-state index in [1.807, 2.05) is 31.2 Å². The molecule has 36 heavy (non-hydrogen) atoms. The number of hydrogen-bond donors (Lipinski definition) is 1. The quantitative estimate of drug-likeness (QED) is 0.372. The van der Waals surface area contributed by atoms with E-state index in [1.54, 1.807) is 37.3 Å². The minimum absolute atomic E-state index is 0.0976. The fourth-order valence-electron chi connectivity index (χ4n) is 3.74. The normalized spacial score (nSPS) is 14.6. The van der Waals surface area contributed by atoms with Crippen LogP contribution in [-0.2, 0) is 20.8 Å². The molecule has 1 N–H and O–H groups in total. The number of nitrogens with one attached hydrogen (secondary N) is 1. The molecule has 4 rings (SSSR count). The smallest absolute Gasteiger partial charge is 0.337 e. The Morgan fingerprint density at radius 1 is 1.19 bits per heavy atom. The first-order valence-electron chi connectivity index (χ1n) is 11.3. The maximum absolute atomic E-state index is 12.8. The van der Waals surface area contributed by atoms with Gasteiger partial charge in [0.1, 0.15) is 17.9 Å². The van der Waals surface area contributed by atoms with E-state index in [9.17, 15) is 14.4 Å². The number of esters is 1. The van der Waals surface area contributed by atoms with E-state index in [0.717, 1.165) is 11.3 Å². The summed E-state index contributed by atoms with van der Waals surface area (Å²) in [6.45, 7) is 3.65. The average molecular weight is 499 g/mol. The Bertz CT molecular complexity index is 1210. The molecule has 1 aliphatic heterocycles. The summed E-state index contributed by atoms with van der Waals surface area (Å²) in [5.41, 5.74) is 1.75. The van der Waals surface area contributed by atoms with Crippen LogP contribution in [-0.4, -0.2) is 70.3 Å². The molecule has 1 aromatic heterocycles. The van der Waals surface area contributed by atoms with Crippen LogP contribution in [0.15, 0.2) is 46.9 Å². The van der Waals surface area contributed by atoms with Crippen molar-refractivity contribution in [2.45, 2.75) is 19.5 Å². The molecule has 2 aromatic carbocycles. The second kappa shape index (κ2) is 12.6. The highest BCUT2D eigenvalue weighted by atomic mass is 16.5. The molecule has 3 aromatic rings. The highest BCUT2D eigenvalue weighted by Gasteiger charge is 2.33. The van der Waals surface area contributed by atoms with Gasteiger partial charge >= 0.3 is 5.97 Å². The summed E-state index contributed by atoms with van der Waals surface area (Å²) in [5.74, 6) is 0.645. The van der Waals surface area contributed by atoms with Crippen molar-refractivity contribution in [3.8, 4) is 11.5 Å². The molecule has 192 valence electrons. The predicted molar refractivity (Wildman–Crippen MR) is 131 cm³/mol. The van der Waals surface area contributed by atoms with E-state index >= 15 is 0 Å². The molecule has 0 fully saturated rings. The zero-order valence-electron chi connectivity index (χ0n) is 20.7. The number of hydrogen-bond acceptors (Lipinski definition) is 8. The molecule has 0 unspecified atom stereocenters. The molecule has 0 saturated carbocycles. The Labute approximate surface area is 209 Å². The Morgan fingerprint density at radius 2 is 1.97 bits per heavy atom. The molecule has 10 heteroatoms. The zero-order chi connectivity index (χ0) is 26.1. The fraction of sp³-hybridized carbons (Fsp3) is 0.346. The van der Waals surface area contributed by atoms with Crippen molar-refractivity contribution in [3.63, 3.8) is 0 Å². The Hall–Kier alpha value is -4.05. The standard InChI is InChI=1S/C17H19NO6.C9H11NO2/c1-10-9-23-14-12-5-4-11(17(20)22-3)8-13(12)24-15(14)16(19)18(10)6-7-21-2;1-12-9-5-3-2-4-8(9)6-10-7-11/h4-5,8,10H,6-7,9H2,1-3H3;2-5,7H,6H2,1H3,(H,10,11)/t10-;/m1./s1. The van der Waals surface area contributed by atoms with Crippen molar-refractivity contribution in [1.29, 1.82) is 0 Å². The van der Waals surface area contributed by atoms with Gasteiger partial charge in [0.15, 0.2) is 5.75 Å². The summed E-state index contributed by atoms with van der Waals surface area (Å²) in [7, 11) is 4.51. The number of carbonyl (C=O) groups excluding carboxylic acids is 3. The second-order valence-corrected chi connectivity index (χ2v) is 7.92. The molecule has 2 amide bonds. The summed E-state index contributed by atoms with van der Waals surface area (Å²) in [6, 6.07) is 12.3. The first-order chi connectivity index (χ1) is 17.4. The Balaban J connectivity index is 0.000000253. The van der Waals surface area contributed by atoms with Gasteiger partial charge in [-0.2, -0.15) is 0 Å². The molecular weight excluding hydrogens is 468 g/mol. The first-order valence-corrected chi connectivity index (χ1v) is 11.3. The van der Waals surface area contributed by atoms with E-state index in [-0.39, 0.29) is 17.7 Å². The van der Waals surface area contributed by atoms with Gasteiger partial charge in [-0.3, -0.25) is 9.59 Å². The molecule has 2 heterocycles. The number of benzene rings is 2. The Morgan fingerprint density at radius 3 is 2.67 bits per heavy atom. The maximum atomic E-state index is 12.8. The summed E-state index contributed by atoms with van der Waals surface area (Å²) in [4.78, 5) is 36.1. The van der Waals surface area contributed by atoms with Crippen LogP contribution in [0, 0.1) is 0 Å². The van der Waals surface area contributed by atoms with E-state index < -0.39 is 5.97 Å². The lowest BCUT2D eigenvalue weighted by atomic mass is 10.1. The van der Waals surface area contributed by atoms with Crippen molar-refractivity contribution < 1.29 is 37.7 Å². The number of methoxy groups -OCH3 is 3. The number of para-hydroxylation sites is 1. The van der Waals surface area contributed by atoms with Crippen molar-refractivity contribution >= 4 is 29.3 Å². The number of ether oxygens (including phenoxy) is 4. The molecule has 1 aliphatic rings. The van der Waals surface area contributed by atoms with Gasteiger partial charge in [0.05, 0.1) is 37.8 Å². The van der Waals surface area contributed by atoms with E-state index in [2.05, 4.69) is 5.32 Å². The number of nitrogens with zero attached hydrogens (tertiary/aromatic N) is 1. The highest BCUT2D eigenvalue weighted by Crippen LogP contribution is 2.36. The van der Waals surface area contributed by atoms with Crippen molar-refractivity contribution in [2.75, 3.05) is 41.1 Å². The Kier molecular flexibility index (Phi) is 9.29. The molecule has 0 radical (unpaired) electrons. The van der Waals surface area contributed by atoms with E-state index in [4.69, 9.17) is 23.4 Å². The number of fused-ring (bicyclic) bond motifs is 3. The van der Waals surface area contributed by atoms with Gasteiger partial charge in [-0.15, -0.1) is 0 Å². The number of carbonyl (C=O) groups is 3. The van der Waals surface area contributed by atoms with Crippen molar-refractivity contribution in [2.24, 2.45) is 0 Å². The largest absolute Gasteiger partial charge is 0.496 e.